The molecule has 0 spiro atoms. The summed E-state index contributed by atoms with van der Waals surface area (Å²) in [6.07, 6.45) is 18.6. The molecule has 1 aliphatic rings. The molecule has 0 bridgehead atoms. The zero-order valence-corrected chi connectivity index (χ0v) is 25.7. The van der Waals surface area contributed by atoms with Crippen molar-refractivity contribution in [2.24, 2.45) is 0 Å². The summed E-state index contributed by atoms with van der Waals surface area (Å²) in [6.45, 7) is 5.31. The van der Waals surface area contributed by atoms with E-state index in [9.17, 15) is 10.2 Å². The van der Waals surface area contributed by atoms with Crippen molar-refractivity contribution in [1.29, 1.82) is 0 Å². The van der Waals surface area contributed by atoms with Crippen LogP contribution in [0, 0.1) is 0 Å². The smallest absolute Gasteiger partial charge is 0.229 e. The molecule has 1 fully saturated rings. The molecule has 1 saturated heterocycles. The number of hydrogen-bond acceptors (Lipinski definition) is 6. The van der Waals surface area contributed by atoms with Crippen LogP contribution in [0.1, 0.15) is 129 Å². The standard InChI is InChI=1S/C34H60O6/c1-3-5-7-9-11-13-15-17-22-26-37-32-31(36)30(28-35)40-34(39-29-24-20-19-21-25-29)33(32)38-27-23-18-16-14-12-10-8-6-4-2/h19-21,24-25,30-36H,3-18,22-23,26-28H2,1-2H3/t30-,31-,32+,33-,34-/m1/s1. The predicted octanol–water partition coefficient (Wildman–Crippen LogP) is 7.98. The molecule has 0 unspecified atom stereocenters. The average molecular weight is 565 g/mol. The van der Waals surface area contributed by atoms with Crippen LogP contribution in [0.5, 0.6) is 5.75 Å². The SMILES string of the molecule is CCCCCCCCCCCO[C@H]1[C@H](Oc2ccccc2)O[C@H](CO)[C@@H](O)[C@@H]1OCCCCCCCCCCC. The first-order chi connectivity index (χ1) is 19.7. The maximum absolute atomic E-state index is 11.0. The molecule has 0 saturated carbocycles. The Morgan fingerprint density at radius 2 is 1.07 bits per heavy atom. The molecule has 1 heterocycles. The van der Waals surface area contributed by atoms with E-state index in [1.165, 1.54) is 89.9 Å². The minimum atomic E-state index is -0.979. The zero-order valence-electron chi connectivity index (χ0n) is 25.7. The van der Waals surface area contributed by atoms with Gasteiger partial charge in [0.05, 0.1) is 6.61 Å². The first kappa shape index (κ1) is 35.0. The monoisotopic (exact) mass is 564 g/mol. The van der Waals surface area contributed by atoms with Crippen molar-refractivity contribution in [3.05, 3.63) is 30.3 Å². The summed E-state index contributed by atoms with van der Waals surface area (Å²) in [5.41, 5.74) is 0. The van der Waals surface area contributed by atoms with E-state index in [-0.39, 0.29) is 6.61 Å². The van der Waals surface area contributed by atoms with Crippen LogP contribution < -0.4 is 4.74 Å². The fourth-order valence-electron chi connectivity index (χ4n) is 5.40. The zero-order chi connectivity index (χ0) is 28.7. The summed E-state index contributed by atoms with van der Waals surface area (Å²) >= 11 is 0. The van der Waals surface area contributed by atoms with Crippen LogP contribution in [0.3, 0.4) is 0 Å². The molecule has 1 aromatic rings. The average Bonchev–Trinajstić information content (AvgIpc) is 2.97. The van der Waals surface area contributed by atoms with Gasteiger partial charge in [0.25, 0.3) is 0 Å². The molecule has 0 aliphatic carbocycles. The summed E-state index contributed by atoms with van der Waals surface area (Å²) in [7, 11) is 0. The highest BCUT2D eigenvalue weighted by Crippen LogP contribution is 2.29. The van der Waals surface area contributed by atoms with Crippen molar-refractivity contribution in [2.45, 2.75) is 160 Å². The molecule has 40 heavy (non-hydrogen) atoms. The molecule has 1 aliphatic heterocycles. The van der Waals surface area contributed by atoms with Crippen LogP contribution in [0.2, 0.25) is 0 Å². The van der Waals surface area contributed by atoms with Crippen molar-refractivity contribution in [2.75, 3.05) is 19.8 Å². The predicted molar refractivity (Wildman–Crippen MR) is 163 cm³/mol. The number of benzene rings is 1. The second-order valence-electron chi connectivity index (χ2n) is 11.5. The van der Waals surface area contributed by atoms with Crippen molar-refractivity contribution in [3.63, 3.8) is 0 Å². The van der Waals surface area contributed by atoms with E-state index in [4.69, 9.17) is 18.9 Å². The van der Waals surface area contributed by atoms with E-state index in [1.807, 2.05) is 30.3 Å². The minimum absolute atomic E-state index is 0.307. The third-order valence-corrected chi connectivity index (χ3v) is 7.91. The van der Waals surface area contributed by atoms with Crippen molar-refractivity contribution >= 4 is 0 Å². The van der Waals surface area contributed by atoms with Crippen LogP contribution >= 0.6 is 0 Å². The van der Waals surface area contributed by atoms with E-state index in [2.05, 4.69) is 13.8 Å². The van der Waals surface area contributed by atoms with Gasteiger partial charge in [-0.05, 0) is 25.0 Å². The maximum atomic E-state index is 11.0. The van der Waals surface area contributed by atoms with E-state index < -0.39 is 30.7 Å². The quantitative estimate of drug-likeness (QED) is 0.117. The fourth-order valence-corrected chi connectivity index (χ4v) is 5.40. The lowest BCUT2D eigenvalue weighted by molar-refractivity contribution is -0.295. The number of unbranched alkanes of at least 4 members (excludes halogenated alkanes) is 16. The number of rotatable bonds is 25. The highest BCUT2D eigenvalue weighted by Gasteiger charge is 2.47. The number of aliphatic hydroxyl groups excluding tert-OH is 2. The van der Waals surface area contributed by atoms with Crippen molar-refractivity contribution < 1.29 is 29.2 Å². The van der Waals surface area contributed by atoms with Gasteiger partial charge in [-0.2, -0.15) is 0 Å². The molecule has 2 rings (SSSR count). The van der Waals surface area contributed by atoms with Crippen LogP contribution in [-0.2, 0) is 14.2 Å². The molecule has 2 N–H and O–H groups in total. The number of aliphatic hydroxyl groups is 2. The molecular formula is C34H60O6. The Morgan fingerprint density at radius 3 is 1.55 bits per heavy atom. The summed E-state index contributed by atoms with van der Waals surface area (Å²) in [5.74, 6) is 0.662. The molecule has 0 amide bonds. The minimum Gasteiger partial charge on any atom is -0.462 e. The Hall–Kier alpha value is -1.18. The van der Waals surface area contributed by atoms with Gasteiger partial charge < -0.3 is 29.2 Å². The molecule has 232 valence electrons. The normalized spacial score (nSPS) is 22.9. The third-order valence-electron chi connectivity index (χ3n) is 7.91. The highest BCUT2D eigenvalue weighted by molar-refractivity contribution is 5.21. The fraction of sp³-hybridized carbons (Fsp3) is 0.824. The Labute approximate surface area is 245 Å². The van der Waals surface area contributed by atoms with Gasteiger partial charge in [0.1, 0.15) is 30.2 Å². The topological polar surface area (TPSA) is 77.4 Å². The Morgan fingerprint density at radius 1 is 0.625 bits per heavy atom. The van der Waals surface area contributed by atoms with E-state index in [0.717, 1.165) is 25.7 Å². The lowest BCUT2D eigenvalue weighted by atomic mass is 9.98. The van der Waals surface area contributed by atoms with Crippen molar-refractivity contribution in [3.8, 4) is 5.75 Å². The van der Waals surface area contributed by atoms with Crippen LogP contribution in [0.25, 0.3) is 0 Å². The van der Waals surface area contributed by atoms with Gasteiger partial charge in [0.2, 0.25) is 6.29 Å². The van der Waals surface area contributed by atoms with Crippen LogP contribution in [0.15, 0.2) is 30.3 Å². The number of ether oxygens (including phenoxy) is 4. The molecule has 1 aromatic carbocycles. The molecule has 0 aromatic heterocycles. The van der Waals surface area contributed by atoms with Gasteiger partial charge in [-0.15, -0.1) is 0 Å². The number of para-hydroxylation sites is 1. The largest absolute Gasteiger partial charge is 0.462 e. The first-order valence-electron chi connectivity index (χ1n) is 16.6. The molecule has 6 heteroatoms. The van der Waals surface area contributed by atoms with Gasteiger partial charge in [-0.1, -0.05) is 135 Å². The second kappa shape index (κ2) is 23.4. The third kappa shape index (κ3) is 14.6. The van der Waals surface area contributed by atoms with Crippen LogP contribution in [0.4, 0.5) is 0 Å². The molecular weight excluding hydrogens is 504 g/mol. The number of hydrogen-bond donors (Lipinski definition) is 2. The Balaban J connectivity index is 1.84. The van der Waals surface area contributed by atoms with Gasteiger partial charge >= 0.3 is 0 Å². The summed E-state index contributed by atoms with van der Waals surface area (Å²) < 4.78 is 24.8. The van der Waals surface area contributed by atoms with Gasteiger partial charge in [-0.25, -0.2) is 0 Å². The maximum Gasteiger partial charge on any atom is 0.229 e. The van der Waals surface area contributed by atoms with E-state index in [1.54, 1.807) is 0 Å². The van der Waals surface area contributed by atoms with Gasteiger partial charge in [-0.3, -0.25) is 0 Å². The van der Waals surface area contributed by atoms with Gasteiger partial charge in [0.15, 0.2) is 0 Å². The lowest BCUT2D eigenvalue weighted by Gasteiger charge is -2.43. The summed E-state index contributed by atoms with van der Waals surface area (Å²) in [5, 5.41) is 21.0. The Kier molecular flexibility index (Phi) is 20.5. The van der Waals surface area contributed by atoms with Crippen molar-refractivity contribution in [1.82, 2.24) is 0 Å². The highest BCUT2D eigenvalue weighted by atomic mass is 16.7. The summed E-state index contributed by atoms with van der Waals surface area (Å²) in [4.78, 5) is 0. The summed E-state index contributed by atoms with van der Waals surface area (Å²) in [6, 6.07) is 9.50. The lowest BCUT2D eigenvalue weighted by Crippen LogP contribution is -2.62. The van der Waals surface area contributed by atoms with E-state index in [0.29, 0.717) is 19.0 Å². The first-order valence-corrected chi connectivity index (χ1v) is 16.6. The molecule has 5 atom stereocenters. The van der Waals surface area contributed by atoms with Crippen LogP contribution in [-0.4, -0.2) is 60.7 Å². The van der Waals surface area contributed by atoms with E-state index >= 15 is 0 Å². The Bertz CT molecular complexity index is 686. The second-order valence-corrected chi connectivity index (χ2v) is 11.5. The molecule has 6 nitrogen and oxygen atoms in total. The van der Waals surface area contributed by atoms with Gasteiger partial charge in [0, 0.05) is 13.2 Å². The molecule has 0 radical (unpaired) electrons.